The number of carboxylic acid groups (broad SMARTS) is 1. The predicted molar refractivity (Wildman–Crippen MR) is 53.5 cm³/mol. The molecule has 0 bridgehead atoms. The number of hydrogen-bond donors (Lipinski definition) is 1. The first-order chi connectivity index (χ1) is 7.13. The summed E-state index contributed by atoms with van der Waals surface area (Å²) in [6.45, 7) is 0. The van der Waals surface area contributed by atoms with Crippen LogP contribution in [0.3, 0.4) is 0 Å². The summed E-state index contributed by atoms with van der Waals surface area (Å²) in [4.78, 5) is 31.3. The number of aliphatic carboxylic acids is 1. The second-order valence-electron chi connectivity index (χ2n) is 2.78. The van der Waals surface area contributed by atoms with Crippen LogP contribution in [-0.4, -0.2) is 23.1 Å². The number of carbonyl (C=O) groups excluding carboxylic acids is 2. The highest BCUT2D eigenvalue weighted by Gasteiger charge is 2.01. The third-order valence-corrected chi connectivity index (χ3v) is 1.72. The fourth-order valence-electron chi connectivity index (χ4n) is 0.994. The van der Waals surface area contributed by atoms with Crippen molar-refractivity contribution in [2.45, 2.75) is 0 Å². The van der Waals surface area contributed by atoms with Gasteiger partial charge in [0.25, 0.3) is 0 Å². The molecule has 0 aliphatic carbocycles. The van der Waals surface area contributed by atoms with Crippen molar-refractivity contribution < 1.29 is 19.5 Å². The van der Waals surface area contributed by atoms with Crippen molar-refractivity contribution in [1.29, 1.82) is 0 Å². The molecule has 0 fully saturated rings. The van der Waals surface area contributed by atoms with E-state index in [1.165, 1.54) is 18.2 Å². The van der Waals surface area contributed by atoms with Crippen LogP contribution in [0, 0.1) is 0 Å². The number of hydrogen-bond acceptors (Lipinski definition) is 3. The van der Waals surface area contributed by atoms with Crippen LogP contribution in [0.1, 0.15) is 15.9 Å². The Morgan fingerprint density at radius 1 is 1.13 bits per heavy atom. The Kier molecular flexibility index (Phi) is 3.51. The number of rotatable bonds is 4. The van der Waals surface area contributed by atoms with Crippen molar-refractivity contribution in [3.05, 3.63) is 41.5 Å². The highest BCUT2D eigenvalue weighted by Crippen LogP contribution is 2.06. The van der Waals surface area contributed by atoms with Gasteiger partial charge in [0.15, 0.2) is 6.29 Å². The molecule has 0 amide bonds. The van der Waals surface area contributed by atoms with E-state index in [9.17, 15) is 14.4 Å². The third-order valence-electron chi connectivity index (χ3n) is 1.72. The Hall–Kier alpha value is -2.23. The molecular formula is C11H8O4. The van der Waals surface area contributed by atoms with Gasteiger partial charge in [-0.1, -0.05) is 24.3 Å². The molecular weight excluding hydrogens is 196 g/mol. The van der Waals surface area contributed by atoms with Crippen LogP contribution < -0.4 is 0 Å². The van der Waals surface area contributed by atoms with Gasteiger partial charge < -0.3 is 5.11 Å². The molecule has 4 nitrogen and oxygen atoms in total. The lowest BCUT2D eigenvalue weighted by atomic mass is 10.1. The number of carbonyl (C=O) groups is 3. The first-order valence-corrected chi connectivity index (χ1v) is 4.14. The van der Waals surface area contributed by atoms with Crippen LogP contribution in [0.15, 0.2) is 30.3 Å². The summed E-state index contributed by atoms with van der Waals surface area (Å²) in [5, 5.41) is 8.37. The molecule has 1 aromatic rings. The van der Waals surface area contributed by atoms with Gasteiger partial charge in [-0.15, -0.1) is 0 Å². The molecule has 1 aromatic carbocycles. The zero-order valence-electron chi connectivity index (χ0n) is 7.71. The second kappa shape index (κ2) is 4.85. The van der Waals surface area contributed by atoms with Crippen LogP contribution in [0.4, 0.5) is 0 Å². The van der Waals surface area contributed by atoms with Crippen molar-refractivity contribution in [2.75, 3.05) is 0 Å². The molecule has 0 aromatic heterocycles. The SMILES string of the molecule is O=CC(=O)c1ccc(/C=C/C(=O)O)cc1. The summed E-state index contributed by atoms with van der Waals surface area (Å²) >= 11 is 0. The summed E-state index contributed by atoms with van der Waals surface area (Å²) in [6, 6.07) is 6.07. The van der Waals surface area contributed by atoms with Crippen LogP contribution in [0.5, 0.6) is 0 Å². The second-order valence-corrected chi connectivity index (χ2v) is 2.78. The zero-order valence-corrected chi connectivity index (χ0v) is 7.71. The van der Waals surface area contributed by atoms with Crippen molar-refractivity contribution in [3.8, 4) is 0 Å². The number of carboxylic acids is 1. The van der Waals surface area contributed by atoms with E-state index in [1.807, 2.05) is 0 Å². The molecule has 0 radical (unpaired) electrons. The Balaban J connectivity index is 2.85. The molecule has 1 rings (SSSR count). The molecule has 0 heterocycles. The fourth-order valence-corrected chi connectivity index (χ4v) is 0.994. The van der Waals surface area contributed by atoms with Gasteiger partial charge in [-0.25, -0.2) is 4.79 Å². The van der Waals surface area contributed by atoms with E-state index in [-0.39, 0.29) is 11.8 Å². The van der Waals surface area contributed by atoms with Crippen LogP contribution in [0.2, 0.25) is 0 Å². The number of Topliss-reactive ketones (excluding diaryl/α,β-unsaturated/α-hetero) is 1. The first kappa shape index (κ1) is 10.8. The van der Waals surface area contributed by atoms with Crippen LogP contribution in [0.25, 0.3) is 6.08 Å². The van der Waals surface area contributed by atoms with E-state index < -0.39 is 11.8 Å². The van der Waals surface area contributed by atoms with E-state index in [0.717, 1.165) is 6.08 Å². The smallest absolute Gasteiger partial charge is 0.328 e. The standard InChI is InChI=1S/C11H8O4/c12-7-10(13)9-4-1-8(2-5-9)3-6-11(14)15/h1-7H,(H,14,15)/b6-3+. The molecule has 1 N–H and O–H groups in total. The molecule has 0 aliphatic rings. The minimum Gasteiger partial charge on any atom is -0.478 e. The summed E-state index contributed by atoms with van der Waals surface area (Å²) in [5.74, 6) is -1.63. The molecule has 76 valence electrons. The predicted octanol–water partition coefficient (Wildman–Crippen LogP) is 1.17. The van der Waals surface area contributed by atoms with Gasteiger partial charge in [0.1, 0.15) is 0 Å². The largest absolute Gasteiger partial charge is 0.478 e. The summed E-state index contributed by atoms with van der Waals surface area (Å²) in [7, 11) is 0. The lowest BCUT2D eigenvalue weighted by molar-refractivity contribution is -0.131. The van der Waals surface area contributed by atoms with Crippen molar-refractivity contribution >= 4 is 24.1 Å². The summed E-state index contributed by atoms with van der Waals surface area (Å²) < 4.78 is 0. The van der Waals surface area contributed by atoms with E-state index in [0.29, 0.717) is 5.56 Å². The summed E-state index contributed by atoms with van der Waals surface area (Å²) in [6.07, 6.45) is 2.64. The molecule has 4 heteroatoms. The molecule has 0 saturated heterocycles. The van der Waals surface area contributed by atoms with Gasteiger partial charge in [-0.05, 0) is 11.6 Å². The Labute approximate surface area is 85.8 Å². The topological polar surface area (TPSA) is 71.4 Å². The van der Waals surface area contributed by atoms with Gasteiger partial charge in [0, 0.05) is 11.6 Å². The molecule has 0 unspecified atom stereocenters. The van der Waals surface area contributed by atoms with E-state index in [2.05, 4.69) is 0 Å². The van der Waals surface area contributed by atoms with E-state index in [4.69, 9.17) is 5.11 Å². The lowest BCUT2D eigenvalue weighted by Crippen LogP contribution is -1.98. The number of aldehydes is 1. The number of ketones is 1. The molecule has 0 atom stereocenters. The minimum absolute atomic E-state index is 0.238. The highest BCUT2D eigenvalue weighted by molar-refractivity contribution is 6.33. The average Bonchev–Trinajstić information content (AvgIpc) is 2.26. The Morgan fingerprint density at radius 2 is 1.73 bits per heavy atom. The normalized spacial score (nSPS) is 10.1. The van der Waals surface area contributed by atoms with Crippen molar-refractivity contribution in [1.82, 2.24) is 0 Å². The van der Waals surface area contributed by atoms with Gasteiger partial charge in [0.05, 0.1) is 0 Å². The minimum atomic E-state index is -1.04. The van der Waals surface area contributed by atoms with Crippen molar-refractivity contribution in [2.24, 2.45) is 0 Å². The monoisotopic (exact) mass is 204 g/mol. The van der Waals surface area contributed by atoms with Gasteiger partial charge >= 0.3 is 5.97 Å². The first-order valence-electron chi connectivity index (χ1n) is 4.14. The molecule has 0 aliphatic heterocycles. The quantitative estimate of drug-likeness (QED) is 0.346. The molecule has 0 spiro atoms. The van der Waals surface area contributed by atoms with Gasteiger partial charge in [-0.3, -0.25) is 9.59 Å². The summed E-state index contributed by atoms with van der Waals surface area (Å²) in [5.41, 5.74) is 0.942. The fraction of sp³-hybridized carbons (Fsp3) is 0. The zero-order chi connectivity index (χ0) is 11.3. The third kappa shape index (κ3) is 3.19. The number of benzene rings is 1. The Bertz CT molecular complexity index is 415. The van der Waals surface area contributed by atoms with E-state index in [1.54, 1.807) is 12.1 Å². The maximum absolute atomic E-state index is 10.9. The Morgan fingerprint density at radius 3 is 2.20 bits per heavy atom. The average molecular weight is 204 g/mol. The highest BCUT2D eigenvalue weighted by atomic mass is 16.4. The van der Waals surface area contributed by atoms with Gasteiger partial charge in [0.2, 0.25) is 5.78 Å². The maximum atomic E-state index is 10.9. The molecule has 0 saturated carbocycles. The van der Waals surface area contributed by atoms with E-state index >= 15 is 0 Å². The van der Waals surface area contributed by atoms with Crippen LogP contribution in [-0.2, 0) is 9.59 Å². The maximum Gasteiger partial charge on any atom is 0.328 e. The van der Waals surface area contributed by atoms with Crippen LogP contribution >= 0.6 is 0 Å². The van der Waals surface area contributed by atoms with Crippen molar-refractivity contribution in [3.63, 3.8) is 0 Å². The lowest BCUT2D eigenvalue weighted by Gasteiger charge is -1.95. The molecule has 15 heavy (non-hydrogen) atoms. The van der Waals surface area contributed by atoms with Gasteiger partial charge in [-0.2, -0.15) is 0 Å².